The molecule has 0 aromatic heterocycles. The lowest BCUT2D eigenvalue weighted by molar-refractivity contribution is -0.119. The van der Waals surface area contributed by atoms with Crippen molar-refractivity contribution in [3.05, 3.63) is 24.3 Å². The summed E-state index contributed by atoms with van der Waals surface area (Å²) in [6, 6.07) is 6.89. The highest BCUT2D eigenvalue weighted by atomic mass is 32.2. The van der Waals surface area contributed by atoms with Crippen molar-refractivity contribution in [1.82, 2.24) is 5.32 Å². The molecule has 0 aliphatic carbocycles. The molecule has 0 radical (unpaired) electrons. The van der Waals surface area contributed by atoms with Gasteiger partial charge in [0.25, 0.3) is 0 Å². The Kier molecular flexibility index (Phi) is 6.20. The molecule has 0 unspecified atom stereocenters. The highest BCUT2D eigenvalue weighted by Gasteiger charge is 2.48. The first-order valence-corrected chi connectivity index (χ1v) is 9.72. The molecule has 2 rings (SSSR count). The second-order valence-corrected chi connectivity index (χ2v) is 8.17. The molecule has 0 atom stereocenters. The van der Waals surface area contributed by atoms with Crippen LogP contribution in [0.5, 0.6) is 5.75 Å². The highest BCUT2D eigenvalue weighted by Crippen LogP contribution is 2.30. The van der Waals surface area contributed by atoms with Gasteiger partial charge in [-0.2, -0.15) is 0 Å². The highest BCUT2D eigenvalue weighted by molar-refractivity contribution is 7.92. The molecule has 1 amide bonds. The zero-order chi connectivity index (χ0) is 17.6. The molecule has 0 saturated carbocycles. The van der Waals surface area contributed by atoms with Gasteiger partial charge in [-0.1, -0.05) is 6.07 Å². The van der Waals surface area contributed by atoms with Crippen LogP contribution < -0.4 is 15.4 Å². The number of rotatable bonds is 7. The number of nitrogens with one attached hydrogen (secondary N) is 2. The van der Waals surface area contributed by atoms with Crippen LogP contribution in [0.3, 0.4) is 0 Å². The van der Waals surface area contributed by atoms with Crippen molar-refractivity contribution in [3.8, 4) is 5.75 Å². The third-order valence-corrected chi connectivity index (χ3v) is 6.20. The molecular weight excluding hydrogens is 332 g/mol. The predicted molar refractivity (Wildman–Crippen MR) is 92.1 cm³/mol. The Labute approximate surface area is 142 Å². The number of methoxy groups -OCH3 is 1. The number of ether oxygens (including phenoxy) is 2. The summed E-state index contributed by atoms with van der Waals surface area (Å²) in [6.45, 7) is 1.86. The molecule has 1 heterocycles. The molecule has 134 valence electrons. The number of piperidine rings is 1. The lowest BCUT2D eigenvalue weighted by Crippen LogP contribution is -2.55. The molecular formula is C16H24N2O5S. The number of hydrogen-bond acceptors (Lipinski definition) is 6. The molecule has 1 aliphatic rings. The van der Waals surface area contributed by atoms with E-state index in [4.69, 9.17) is 9.47 Å². The molecule has 1 aromatic rings. The summed E-state index contributed by atoms with van der Waals surface area (Å²) in [4.78, 5) is 12.7. The number of hydrogen-bond donors (Lipinski definition) is 2. The Bertz CT molecular complexity index is 669. The summed E-state index contributed by atoms with van der Waals surface area (Å²) in [6.07, 6.45) is 1.66. The molecule has 2 N–H and O–H groups in total. The zero-order valence-electron chi connectivity index (χ0n) is 14.0. The second kappa shape index (κ2) is 7.96. The SMILES string of the molecule is COCCOc1cccc(NC(=O)C2(S(C)(=O)=O)CCNCC2)c1. The van der Waals surface area contributed by atoms with Gasteiger partial charge >= 0.3 is 0 Å². The summed E-state index contributed by atoms with van der Waals surface area (Å²) in [5, 5.41) is 5.82. The van der Waals surface area contributed by atoms with Crippen LogP contribution in [0.1, 0.15) is 12.8 Å². The molecule has 0 bridgehead atoms. The van der Waals surface area contributed by atoms with Crippen LogP contribution in [0.15, 0.2) is 24.3 Å². The van der Waals surface area contributed by atoms with Crippen molar-refractivity contribution in [2.45, 2.75) is 17.6 Å². The fourth-order valence-electron chi connectivity index (χ4n) is 2.75. The van der Waals surface area contributed by atoms with Crippen molar-refractivity contribution >= 4 is 21.4 Å². The van der Waals surface area contributed by atoms with Gasteiger partial charge in [-0.15, -0.1) is 0 Å². The Hall–Kier alpha value is -1.64. The van der Waals surface area contributed by atoms with Gasteiger partial charge in [0.1, 0.15) is 12.4 Å². The minimum Gasteiger partial charge on any atom is -0.491 e. The normalized spacial score (nSPS) is 17.2. The number of benzene rings is 1. The quantitative estimate of drug-likeness (QED) is 0.703. The van der Waals surface area contributed by atoms with E-state index in [0.717, 1.165) is 6.26 Å². The maximum absolute atomic E-state index is 12.7. The molecule has 1 aliphatic heterocycles. The molecule has 7 nitrogen and oxygen atoms in total. The first-order valence-electron chi connectivity index (χ1n) is 7.83. The van der Waals surface area contributed by atoms with E-state index in [0.29, 0.717) is 37.7 Å². The number of sulfone groups is 1. The van der Waals surface area contributed by atoms with E-state index >= 15 is 0 Å². The standard InChI is InChI=1S/C16H24N2O5S/c1-22-10-11-23-14-5-3-4-13(12-14)18-15(19)16(24(2,20)21)6-8-17-9-7-16/h3-5,12,17H,6-11H2,1-2H3,(H,18,19). The van der Waals surface area contributed by atoms with Crippen LogP contribution >= 0.6 is 0 Å². The van der Waals surface area contributed by atoms with E-state index in [2.05, 4.69) is 10.6 Å². The van der Waals surface area contributed by atoms with Gasteiger partial charge in [-0.25, -0.2) is 8.42 Å². The number of anilines is 1. The minimum absolute atomic E-state index is 0.266. The molecule has 1 saturated heterocycles. The lowest BCUT2D eigenvalue weighted by atomic mass is 9.95. The molecule has 1 fully saturated rings. The van der Waals surface area contributed by atoms with E-state index in [1.165, 1.54) is 0 Å². The first kappa shape index (κ1) is 18.7. The number of carbonyl (C=O) groups excluding carboxylic acids is 1. The molecule has 24 heavy (non-hydrogen) atoms. The van der Waals surface area contributed by atoms with E-state index in [-0.39, 0.29) is 12.8 Å². The van der Waals surface area contributed by atoms with Crippen LogP contribution in [-0.2, 0) is 19.4 Å². The lowest BCUT2D eigenvalue weighted by Gasteiger charge is -2.34. The smallest absolute Gasteiger partial charge is 0.245 e. The van der Waals surface area contributed by atoms with Gasteiger partial charge in [0.2, 0.25) is 5.91 Å². The summed E-state index contributed by atoms with van der Waals surface area (Å²) in [5.41, 5.74) is 0.511. The summed E-state index contributed by atoms with van der Waals surface area (Å²) >= 11 is 0. The van der Waals surface area contributed by atoms with Crippen molar-refractivity contribution in [3.63, 3.8) is 0 Å². The zero-order valence-corrected chi connectivity index (χ0v) is 14.8. The van der Waals surface area contributed by atoms with Crippen molar-refractivity contribution in [2.75, 3.05) is 45.0 Å². The van der Waals surface area contributed by atoms with Gasteiger partial charge in [-0.3, -0.25) is 4.79 Å². The average molecular weight is 356 g/mol. The molecule has 0 spiro atoms. The second-order valence-electron chi connectivity index (χ2n) is 5.84. The maximum atomic E-state index is 12.7. The first-order chi connectivity index (χ1) is 11.4. The Morgan fingerprint density at radius 2 is 2.00 bits per heavy atom. The van der Waals surface area contributed by atoms with Gasteiger partial charge in [-0.05, 0) is 38.1 Å². The fraction of sp³-hybridized carbons (Fsp3) is 0.562. The van der Waals surface area contributed by atoms with Gasteiger partial charge in [0.15, 0.2) is 14.6 Å². The van der Waals surface area contributed by atoms with E-state index in [1.807, 2.05) is 0 Å². The average Bonchev–Trinajstić information content (AvgIpc) is 2.55. The van der Waals surface area contributed by atoms with Crippen LogP contribution in [0.25, 0.3) is 0 Å². The summed E-state index contributed by atoms with van der Waals surface area (Å²) < 4.78 is 33.5. The van der Waals surface area contributed by atoms with Gasteiger partial charge in [0.05, 0.1) is 6.61 Å². The Morgan fingerprint density at radius 1 is 1.29 bits per heavy atom. The van der Waals surface area contributed by atoms with Crippen molar-refractivity contribution < 1.29 is 22.7 Å². The fourth-order valence-corrected chi connectivity index (χ4v) is 4.08. The molecule has 1 aromatic carbocycles. The monoisotopic (exact) mass is 356 g/mol. The summed E-state index contributed by atoms with van der Waals surface area (Å²) in [5.74, 6) is 0.101. The van der Waals surface area contributed by atoms with Crippen molar-refractivity contribution in [2.24, 2.45) is 0 Å². The van der Waals surface area contributed by atoms with E-state index < -0.39 is 20.5 Å². The maximum Gasteiger partial charge on any atom is 0.245 e. The predicted octanol–water partition coefficient (Wildman–Crippen LogP) is 0.817. The van der Waals surface area contributed by atoms with Crippen LogP contribution in [0, 0.1) is 0 Å². The van der Waals surface area contributed by atoms with Crippen LogP contribution in [-0.4, -0.2) is 58.7 Å². The largest absolute Gasteiger partial charge is 0.491 e. The van der Waals surface area contributed by atoms with Crippen molar-refractivity contribution in [1.29, 1.82) is 0 Å². The van der Waals surface area contributed by atoms with Crippen LogP contribution in [0.2, 0.25) is 0 Å². The third kappa shape index (κ3) is 4.25. The molecule has 8 heteroatoms. The minimum atomic E-state index is -3.53. The third-order valence-electron chi connectivity index (χ3n) is 4.18. The van der Waals surface area contributed by atoms with Gasteiger partial charge in [0, 0.05) is 25.1 Å². The van der Waals surface area contributed by atoms with E-state index in [9.17, 15) is 13.2 Å². The van der Waals surface area contributed by atoms with Crippen LogP contribution in [0.4, 0.5) is 5.69 Å². The summed E-state index contributed by atoms with van der Waals surface area (Å²) in [7, 11) is -1.95. The Morgan fingerprint density at radius 3 is 2.62 bits per heavy atom. The van der Waals surface area contributed by atoms with E-state index in [1.54, 1.807) is 31.4 Å². The Balaban J connectivity index is 2.14. The number of carbonyl (C=O) groups is 1. The number of amides is 1. The van der Waals surface area contributed by atoms with Gasteiger partial charge < -0.3 is 20.1 Å². The topological polar surface area (TPSA) is 93.7 Å².